The number of rotatable bonds is 4. The van der Waals surface area contributed by atoms with Crippen LogP contribution < -0.4 is 5.73 Å². The monoisotopic (exact) mass is 233 g/mol. The van der Waals surface area contributed by atoms with Crippen LogP contribution in [0.5, 0.6) is 0 Å². The molecule has 1 unspecified atom stereocenters. The fraction of sp³-hybridized carbons (Fsp3) is 0.333. The molecule has 2 rings (SSSR count). The van der Waals surface area contributed by atoms with Gasteiger partial charge < -0.3 is 15.4 Å². The van der Waals surface area contributed by atoms with Gasteiger partial charge >= 0.3 is 0 Å². The Morgan fingerprint density at radius 3 is 2.82 bits per heavy atom. The highest BCUT2D eigenvalue weighted by atomic mass is 16.5. The predicted octanol–water partition coefficient (Wildman–Crippen LogP) is 1.12. The Labute approximate surface area is 99.3 Å². The molecule has 1 heterocycles. The van der Waals surface area contributed by atoms with E-state index in [9.17, 15) is 5.11 Å². The third kappa shape index (κ3) is 2.69. The van der Waals surface area contributed by atoms with E-state index in [0.29, 0.717) is 18.1 Å². The summed E-state index contributed by atoms with van der Waals surface area (Å²) in [4.78, 5) is 4.18. The van der Waals surface area contributed by atoms with E-state index in [0.717, 1.165) is 11.1 Å². The number of hydrogen-bond donors (Lipinski definition) is 2. The molecule has 17 heavy (non-hydrogen) atoms. The lowest BCUT2D eigenvalue weighted by molar-refractivity contribution is 0.195. The van der Waals surface area contributed by atoms with Crippen LogP contribution in [0.15, 0.2) is 28.8 Å². The van der Waals surface area contributed by atoms with Crippen molar-refractivity contribution in [2.24, 2.45) is 5.73 Å². The van der Waals surface area contributed by atoms with Gasteiger partial charge in [0, 0.05) is 5.56 Å². The van der Waals surface area contributed by atoms with Gasteiger partial charge in [-0.1, -0.05) is 29.4 Å². The maximum Gasteiger partial charge on any atom is 0.240 e. The lowest BCUT2D eigenvalue weighted by atomic mass is 10.0. The van der Waals surface area contributed by atoms with Gasteiger partial charge in [-0.15, -0.1) is 0 Å². The Kier molecular flexibility index (Phi) is 3.51. The van der Waals surface area contributed by atoms with Crippen molar-refractivity contribution in [3.63, 3.8) is 0 Å². The second-order valence-corrected chi connectivity index (χ2v) is 3.93. The lowest BCUT2D eigenvalue weighted by Crippen LogP contribution is -2.05. The molecule has 0 spiro atoms. The molecule has 0 bridgehead atoms. The van der Waals surface area contributed by atoms with Crippen molar-refractivity contribution in [1.82, 2.24) is 10.1 Å². The van der Waals surface area contributed by atoms with Crippen molar-refractivity contribution < 1.29 is 9.63 Å². The molecule has 2 aromatic rings. The molecule has 1 atom stereocenters. The van der Waals surface area contributed by atoms with Crippen molar-refractivity contribution >= 4 is 0 Å². The summed E-state index contributed by atoms with van der Waals surface area (Å²) < 4.78 is 4.98. The highest BCUT2D eigenvalue weighted by Gasteiger charge is 2.12. The van der Waals surface area contributed by atoms with Crippen LogP contribution in [0.25, 0.3) is 11.4 Å². The number of hydrogen-bond acceptors (Lipinski definition) is 5. The molecular weight excluding hydrogens is 218 g/mol. The van der Waals surface area contributed by atoms with Crippen LogP contribution >= 0.6 is 0 Å². The Hall–Kier alpha value is -1.72. The minimum absolute atomic E-state index is 0.228. The van der Waals surface area contributed by atoms with E-state index < -0.39 is 6.10 Å². The molecular formula is C12H15N3O2. The standard InChI is InChI=1S/C12H15N3O2/c1-8(16)6-9-4-2-3-5-10(9)12-14-11(7-13)17-15-12/h2-5,8,16H,6-7,13H2,1H3. The fourth-order valence-electron chi connectivity index (χ4n) is 1.68. The van der Waals surface area contributed by atoms with Crippen molar-refractivity contribution in [3.05, 3.63) is 35.7 Å². The summed E-state index contributed by atoms with van der Waals surface area (Å²) in [5, 5.41) is 13.3. The van der Waals surface area contributed by atoms with Gasteiger partial charge in [0.05, 0.1) is 12.6 Å². The van der Waals surface area contributed by atoms with Crippen molar-refractivity contribution in [1.29, 1.82) is 0 Å². The third-order valence-electron chi connectivity index (χ3n) is 2.42. The first-order chi connectivity index (χ1) is 8.20. The van der Waals surface area contributed by atoms with Gasteiger partial charge in [-0.2, -0.15) is 4.98 Å². The van der Waals surface area contributed by atoms with Gasteiger partial charge in [-0.05, 0) is 18.9 Å². The van der Waals surface area contributed by atoms with Crippen LogP contribution in [0.2, 0.25) is 0 Å². The molecule has 0 aliphatic rings. The summed E-state index contributed by atoms with van der Waals surface area (Å²) in [5.74, 6) is 0.925. The SMILES string of the molecule is CC(O)Cc1ccccc1-c1noc(CN)n1. The number of aromatic nitrogens is 2. The van der Waals surface area contributed by atoms with E-state index in [1.807, 2.05) is 24.3 Å². The predicted molar refractivity (Wildman–Crippen MR) is 63.0 cm³/mol. The zero-order chi connectivity index (χ0) is 12.3. The van der Waals surface area contributed by atoms with Gasteiger partial charge in [0.1, 0.15) is 0 Å². The molecule has 0 saturated heterocycles. The first-order valence-electron chi connectivity index (χ1n) is 5.49. The highest BCUT2D eigenvalue weighted by Crippen LogP contribution is 2.21. The van der Waals surface area contributed by atoms with Crippen molar-refractivity contribution in [2.75, 3.05) is 0 Å². The molecule has 0 fully saturated rings. The van der Waals surface area contributed by atoms with E-state index in [-0.39, 0.29) is 6.54 Å². The summed E-state index contributed by atoms with van der Waals surface area (Å²) in [5.41, 5.74) is 7.29. The quantitative estimate of drug-likeness (QED) is 0.826. The minimum Gasteiger partial charge on any atom is -0.393 e. The van der Waals surface area contributed by atoms with Crippen LogP contribution in [0, 0.1) is 0 Å². The van der Waals surface area contributed by atoms with Crippen molar-refractivity contribution in [2.45, 2.75) is 26.0 Å². The minimum atomic E-state index is -0.406. The van der Waals surface area contributed by atoms with E-state index in [1.54, 1.807) is 6.92 Å². The normalized spacial score (nSPS) is 12.6. The number of benzene rings is 1. The molecule has 5 nitrogen and oxygen atoms in total. The molecule has 0 amide bonds. The third-order valence-corrected chi connectivity index (χ3v) is 2.42. The molecule has 1 aromatic carbocycles. The maximum atomic E-state index is 9.44. The van der Waals surface area contributed by atoms with Crippen LogP contribution in [0.1, 0.15) is 18.4 Å². The van der Waals surface area contributed by atoms with E-state index >= 15 is 0 Å². The average molecular weight is 233 g/mol. The van der Waals surface area contributed by atoms with Crippen LogP contribution in [0.3, 0.4) is 0 Å². The highest BCUT2D eigenvalue weighted by molar-refractivity contribution is 5.59. The zero-order valence-corrected chi connectivity index (χ0v) is 9.63. The van der Waals surface area contributed by atoms with Gasteiger partial charge in [-0.25, -0.2) is 0 Å². The number of nitrogens with two attached hydrogens (primary N) is 1. The van der Waals surface area contributed by atoms with Crippen LogP contribution in [-0.2, 0) is 13.0 Å². The van der Waals surface area contributed by atoms with Gasteiger partial charge in [0.2, 0.25) is 11.7 Å². The summed E-state index contributed by atoms with van der Waals surface area (Å²) in [7, 11) is 0. The molecule has 3 N–H and O–H groups in total. The first-order valence-corrected chi connectivity index (χ1v) is 5.49. The second kappa shape index (κ2) is 5.07. The van der Waals surface area contributed by atoms with Gasteiger partial charge in [-0.3, -0.25) is 0 Å². The van der Waals surface area contributed by atoms with E-state index in [2.05, 4.69) is 10.1 Å². The number of aliphatic hydroxyl groups excluding tert-OH is 1. The summed E-state index contributed by atoms with van der Waals surface area (Å²) in [6, 6.07) is 7.67. The zero-order valence-electron chi connectivity index (χ0n) is 9.63. The number of aliphatic hydroxyl groups is 1. The summed E-state index contributed by atoms with van der Waals surface area (Å²) >= 11 is 0. The Balaban J connectivity index is 2.36. The molecule has 0 aliphatic carbocycles. The Morgan fingerprint density at radius 1 is 1.41 bits per heavy atom. The van der Waals surface area contributed by atoms with Crippen LogP contribution in [0.4, 0.5) is 0 Å². The van der Waals surface area contributed by atoms with Crippen LogP contribution in [-0.4, -0.2) is 21.4 Å². The largest absolute Gasteiger partial charge is 0.393 e. The molecule has 0 aliphatic heterocycles. The molecule has 5 heteroatoms. The molecule has 90 valence electrons. The van der Waals surface area contributed by atoms with E-state index in [1.165, 1.54) is 0 Å². The smallest absolute Gasteiger partial charge is 0.240 e. The molecule has 0 saturated carbocycles. The summed E-state index contributed by atoms with van der Waals surface area (Å²) in [6.07, 6.45) is 0.153. The topological polar surface area (TPSA) is 85.2 Å². The van der Waals surface area contributed by atoms with Gasteiger partial charge in [0.25, 0.3) is 0 Å². The Morgan fingerprint density at radius 2 is 2.18 bits per heavy atom. The lowest BCUT2D eigenvalue weighted by Gasteiger charge is -2.07. The average Bonchev–Trinajstić information content (AvgIpc) is 2.77. The fourth-order valence-corrected chi connectivity index (χ4v) is 1.68. The first kappa shape index (κ1) is 11.8. The van der Waals surface area contributed by atoms with Gasteiger partial charge in [0.15, 0.2) is 0 Å². The maximum absolute atomic E-state index is 9.44. The Bertz CT molecular complexity index is 494. The molecule has 0 radical (unpaired) electrons. The number of nitrogens with zero attached hydrogens (tertiary/aromatic N) is 2. The summed E-state index contributed by atoms with van der Waals surface area (Å²) in [6.45, 7) is 1.98. The molecule has 1 aromatic heterocycles. The van der Waals surface area contributed by atoms with E-state index in [4.69, 9.17) is 10.3 Å². The van der Waals surface area contributed by atoms with Crippen molar-refractivity contribution in [3.8, 4) is 11.4 Å². The second-order valence-electron chi connectivity index (χ2n) is 3.93.